The first kappa shape index (κ1) is 26.1. The molecule has 0 unspecified atom stereocenters. The molecule has 0 aliphatic heterocycles. The Balaban J connectivity index is 1.41. The zero-order valence-corrected chi connectivity index (χ0v) is 24.4. The molecule has 2 aromatic heterocycles. The summed E-state index contributed by atoms with van der Waals surface area (Å²) >= 11 is 0. The second-order valence-corrected chi connectivity index (χ2v) is 12.6. The van der Waals surface area contributed by atoms with Gasteiger partial charge in [0.05, 0.1) is 5.69 Å². The summed E-state index contributed by atoms with van der Waals surface area (Å²) < 4.78 is 0. The minimum Gasteiger partial charge on any atom is -0.255 e. The maximum atomic E-state index is 4.90. The maximum absolute atomic E-state index is 4.90. The smallest absolute Gasteiger partial charge is 0.165 e. The largest absolute Gasteiger partial charge is 0.255 e. The fraction of sp³-hybridized carbons (Fsp3) is 0.278. The third-order valence-electron chi connectivity index (χ3n) is 9.86. The van der Waals surface area contributed by atoms with Crippen LogP contribution in [0.5, 0.6) is 0 Å². The summed E-state index contributed by atoms with van der Waals surface area (Å²) in [5.74, 6) is 1.93. The highest BCUT2D eigenvalue weighted by molar-refractivity contribution is 5.70. The van der Waals surface area contributed by atoms with Crippen LogP contribution in [-0.4, -0.2) is 19.9 Å². The number of hydrogen-bond donors (Lipinski definition) is 0. The molecule has 1 aliphatic carbocycles. The van der Waals surface area contributed by atoms with Gasteiger partial charge in [0, 0.05) is 28.5 Å². The minimum atomic E-state index is 0.0481. The van der Waals surface area contributed by atoms with E-state index in [-0.39, 0.29) is 16.2 Å². The van der Waals surface area contributed by atoms with Crippen molar-refractivity contribution in [3.63, 3.8) is 0 Å². The molecule has 4 nitrogen and oxygen atoms in total. The van der Waals surface area contributed by atoms with E-state index in [0.717, 1.165) is 33.5 Å². The van der Waals surface area contributed by atoms with Gasteiger partial charge < -0.3 is 0 Å². The molecular formula is C36H36N4. The van der Waals surface area contributed by atoms with Gasteiger partial charge in [-0.25, -0.2) is 15.0 Å². The quantitative estimate of drug-likeness (QED) is 0.236. The van der Waals surface area contributed by atoms with Gasteiger partial charge in [0.15, 0.2) is 17.5 Å². The van der Waals surface area contributed by atoms with E-state index in [0.29, 0.717) is 17.5 Å². The van der Waals surface area contributed by atoms with Crippen molar-refractivity contribution < 1.29 is 0 Å². The summed E-state index contributed by atoms with van der Waals surface area (Å²) in [4.78, 5) is 19.5. The average molecular weight is 525 g/mol. The van der Waals surface area contributed by atoms with Crippen LogP contribution in [-0.2, 0) is 10.8 Å². The van der Waals surface area contributed by atoms with Gasteiger partial charge in [0.1, 0.15) is 0 Å². The van der Waals surface area contributed by atoms with Crippen LogP contribution >= 0.6 is 0 Å². The lowest BCUT2D eigenvalue weighted by Gasteiger charge is -2.44. The molecule has 0 bridgehead atoms. The standard InChI is InChI=1S/C36H36N4/c1-23-13-11-12-16-27(23)33-39-31(24-14-9-8-10-15-24)38-32(40-33)26-18-20-30(37-22-26)25-17-19-28-29(21-25)35(4,5)36(6,7)34(28,2)3/h8-22H,1-7H3. The fourth-order valence-corrected chi connectivity index (χ4v) is 6.08. The number of hydrogen-bond acceptors (Lipinski definition) is 4. The second-order valence-electron chi connectivity index (χ2n) is 12.6. The summed E-state index contributed by atoms with van der Waals surface area (Å²) in [7, 11) is 0. The van der Waals surface area contributed by atoms with E-state index in [9.17, 15) is 0 Å². The van der Waals surface area contributed by atoms with E-state index in [1.54, 1.807) is 0 Å². The molecule has 0 N–H and O–H groups in total. The number of fused-ring (bicyclic) bond motifs is 1. The molecule has 0 saturated carbocycles. The molecule has 3 aromatic carbocycles. The molecule has 6 rings (SSSR count). The molecule has 0 saturated heterocycles. The molecule has 0 atom stereocenters. The normalized spacial score (nSPS) is 16.5. The Labute approximate surface area is 237 Å². The molecular weight excluding hydrogens is 488 g/mol. The van der Waals surface area contributed by atoms with Crippen molar-refractivity contribution in [3.8, 4) is 45.4 Å². The predicted molar refractivity (Wildman–Crippen MR) is 164 cm³/mol. The van der Waals surface area contributed by atoms with Gasteiger partial charge in [-0.1, -0.05) is 108 Å². The number of benzene rings is 3. The Kier molecular flexibility index (Phi) is 5.99. The highest BCUT2D eigenvalue weighted by Gasteiger charge is 2.56. The summed E-state index contributed by atoms with van der Waals surface area (Å²) in [5, 5.41) is 0. The number of aromatic nitrogens is 4. The fourth-order valence-electron chi connectivity index (χ4n) is 6.08. The van der Waals surface area contributed by atoms with Crippen molar-refractivity contribution in [2.45, 2.75) is 59.3 Å². The third kappa shape index (κ3) is 3.97. The van der Waals surface area contributed by atoms with Crippen LogP contribution in [0.25, 0.3) is 45.4 Å². The summed E-state index contributed by atoms with van der Waals surface area (Å²) in [6.07, 6.45) is 1.88. The molecule has 0 fully saturated rings. The van der Waals surface area contributed by atoms with Crippen LogP contribution in [0.4, 0.5) is 0 Å². The SMILES string of the molecule is Cc1ccccc1-c1nc(-c2ccccc2)nc(-c2ccc(-c3ccc4c(c3)C(C)(C)C(C)(C)C4(C)C)nc2)n1. The zero-order chi connectivity index (χ0) is 28.3. The third-order valence-corrected chi connectivity index (χ3v) is 9.86. The van der Waals surface area contributed by atoms with Crippen molar-refractivity contribution in [1.82, 2.24) is 19.9 Å². The summed E-state index contributed by atoms with van der Waals surface area (Å²) in [5.41, 5.74) is 9.13. The highest BCUT2D eigenvalue weighted by Crippen LogP contribution is 2.61. The average Bonchev–Trinajstić information content (AvgIpc) is 3.07. The molecule has 2 heterocycles. The number of pyridine rings is 1. The first-order chi connectivity index (χ1) is 19.0. The molecule has 0 amide bonds. The zero-order valence-electron chi connectivity index (χ0n) is 24.4. The Morgan fingerprint density at radius 2 is 1.12 bits per heavy atom. The van der Waals surface area contributed by atoms with E-state index >= 15 is 0 Å². The van der Waals surface area contributed by atoms with Crippen molar-refractivity contribution in [3.05, 3.63) is 108 Å². The van der Waals surface area contributed by atoms with Gasteiger partial charge in [0.2, 0.25) is 0 Å². The number of aryl methyl sites for hydroxylation is 1. The van der Waals surface area contributed by atoms with Crippen molar-refractivity contribution in [2.75, 3.05) is 0 Å². The van der Waals surface area contributed by atoms with Gasteiger partial charge in [0.25, 0.3) is 0 Å². The molecule has 4 heteroatoms. The van der Waals surface area contributed by atoms with Crippen LogP contribution in [0.15, 0.2) is 91.1 Å². The summed E-state index contributed by atoms with van der Waals surface area (Å²) in [6.45, 7) is 16.4. The Morgan fingerprint density at radius 1 is 0.525 bits per heavy atom. The lowest BCUT2D eigenvalue weighted by molar-refractivity contribution is 0.125. The van der Waals surface area contributed by atoms with Gasteiger partial charge in [-0.3, -0.25) is 4.98 Å². The van der Waals surface area contributed by atoms with Crippen LogP contribution in [0.2, 0.25) is 0 Å². The molecule has 40 heavy (non-hydrogen) atoms. The first-order valence-corrected chi connectivity index (χ1v) is 14.0. The highest BCUT2D eigenvalue weighted by atomic mass is 15.0. The van der Waals surface area contributed by atoms with E-state index in [4.69, 9.17) is 19.9 Å². The predicted octanol–water partition coefficient (Wildman–Crippen LogP) is 8.84. The van der Waals surface area contributed by atoms with Crippen molar-refractivity contribution in [1.29, 1.82) is 0 Å². The number of rotatable bonds is 4. The minimum absolute atomic E-state index is 0.0481. The lowest BCUT2D eigenvalue weighted by Crippen LogP contribution is -2.42. The molecule has 0 radical (unpaired) electrons. The Hall–Kier alpha value is -4.18. The monoisotopic (exact) mass is 524 g/mol. The lowest BCUT2D eigenvalue weighted by atomic mass is 9.59. The first-order valence-electron chi connectivity index (χ1n) is 14.0. The molecule has 1 aliphatic rings. The van der Waals surface area contributed by atoms with Gasteiger partial charge in [-0.05, 0) is 58.1 Å². The number of nitrogens with zero attached hydrogens (tertiary/aromatic N) is 4. The second kappa shape index (κ2) is 9.19. The van der Waals surface area contributed by atoms with Gasteiger partial charge in [-0.15, -0.1) is 0 Å². The van der Waals surface area contributed by atoms with Crippen molar-refractivity contribution >= 4 is 0 Å². The van der Waals surface area contributed by atoms with E-state index in [1.165, 1.54) is 11.1 Å². The topological polar surface area (TPSA) is 51.6 Å². The van der Waals surface area contributed by atoms with Crippen molar-refractivity contribution in [2.24, 2.45) is 5.41 Å². The van der Waals surface area contributed by atoms with Crippen LogP contribution in [0, 0.1) is 12.3 Å². The van der Waals surface area contributed by atoms with Crippen LogP contribution in [0.1, 0.15) is 58.2 Å². The maximum Gasteiger partial charge on any atom is 0.165 e. The van der Waals surface area contributed by atoms with E-state index in [2.05, 4.69) is 90.9 Å². The Morgan fingerprint density at radius 3 is 1.80 bits per heavy atom. The van der Waals surface area contributed by atoms with Crippen LogP contribution in [0.3, 0.4) is 0 Å². The Bertz CT molecular complexity index is 1710. The summed E-state index contributed by atoms with van der Waals surface area (Å²) in [6, 6.07) is 29.3. The molecule has 5 aromatic rings. The van der Waals surface area contributed by atoms with Gasteiger partial charge in [-0.2, -0.15) is 0 Å². The van der Waals surface area contributed by atoms with Crippen LogP contribution < -0.4 is 0 Å². The van der Waals surface area contributed by atoms with E-state index in [1.807, 2.05) is 48.7 Å². The van der Waals surface area contributed by atoms with Gasteiger partial charge >= 0.3 is 0 Å². The van der Waals surface area contributed by atoms with E-state index < -0.39 is 0 Å². The molecule has 200 valence electrons. The molecule has 0 spiro atoms.